The Kier molecular flexibility index (Phi) is 4.63. The van der Waals surface area contributed by atoms with Crippen LogP contribution in [0.15, 0.2) is 46.9 Å². The molecule has 2 aliphatic heterocycles. The van der Waals surface area contributed by atoms with Gasteiger partial charge in [-0.1, -0.05) is 24.3 Å². The summed E-state index contributed by atoms with van der Waals surface area (Å²) in [7, 11) is -1.36. The van der Waals surface area contributed by atoms with Crippen LogP contribution in [0.2, 0.25) is 0 Å². The molecule has 2 aliphatic rings. The van der Waals surface area contributed by atoms with Crippen molar-refractivity contribution in [2.45, 2.75) is 17.4 Å². The fourth-order valence-electron chi connectivity index (χ4n) is 2.97. The van der Waals surface area contributed by atoms with E-state index in [4.69, 9.17) is 4.74 Å². The van der Waals surface area contributed by atoms with Gasteiger partial charge in [0.25, 0.3) is 0 Å². The Balaban J connectivity index is 1.77. The minimum atomic E-state index is -3.43. The first-order chi connectivity index (χ1) is 10.6. The first kappa shape index (κ1) is 15.7. The third-order valence-corrected chi connectivity index (χ3v) is 6.07. The largest absolute Gasteiger partial charge is 0.371 e. The summed E-state index contributed by atoms with van der Waals surface area (Å²) in [5.74, 6) is 0. The number of hydrogen-bond acceptors (Lipinski definition) is 4. The van der Waals surface area contributed by atoms with Gasteiger partial charge in [0.2, 0.25) is 10.0 Å². The molecule has 1 aromatic rings. The predicted octanol–water partition coefficient (Wildman–Crippen LogP) is 1.34. The van der Waals surface area contributed by atoms with Crippen LogP contribution < -0.4 is 0 Å². The fraction of sp³-hybridized carbons (Fsp3) is 0.500. The highest BCUT2D eigenvalue weighted by atomic mass is 32.2. The highest BCUT2D eigenvalue weighted by Gasteiger charge is 2.32. The number of hydrogen-bond donors (Lipinski definition) is 0. The summed E-state index contributed by atoms with van der Waals surface area (Å²) in [5, 5.41) is 0. The van der Waals surface area contributed by atoms with E-state index < -0.39 is 10.0 Å². The Morgan fingerprint density at radius 1 is 1.18 bits per heavy atom. The summed E-state index contributed by atoms with van der Waals surface area (Å²) in [5.41, 5.74) is 1.20. The monoisotopic (exact) mass is 322 g/mol. The molecule has 0 bridgehead atoms. The van der Waals surface area contributed by atoms with Gasteiger partial charge >= 0.3 is 0 Å². The van der Waals surface area contributed by atoms with Crippen molar-refractivity contribution in [3.8, 4) is 0 Å². The van der Waals surface area contributed by atoms with Crippen molar-refractivity contribution in [1.29, 1.82) is 0 Å². The van der Waals surface area contributed by atoms with E-state index in [9.17, 15) is 8.42 Å². The molecule has 1 atom stereocenters. The minimum Gasteiger partial charge on any atom is -0.371 e. The SMILES string of the molecule is CN1CCC=C(C2CN(S(=O)(=O)c3ccccc3)CCO2)C1. The Bertz CT molecular complexity index is 643. The Labute approximate surface area is 132 Å². The van der Waals surface area contributed by atoms with Gasteiger partial charge < -0.3 is 9.64 Å². The van der Waals surface area contributed by atoms with E-state index in [1.54, 1.807) is 28.6 Å². The van der Waals surface area contributed by atoms with Crippen molar-refractivity contribution in [1.82, 2.24) is 9.21 Å². The Hall–Kier alpha value is -1.21. The standard InChI is InChI=1S/C16H22N2O3S/c1-17-9-5-6-14(12-17)16-13-18(10-11-21-16)22(19,20)15-7-3-2-4-8-15/h2-4,6-8,16H,5,9-13H2,1H3. The predicted molar refractivity (Wildman–Crippen MR) is 85.1 cm³/mol. The maximum Gasteiger partial charge on any atom is 0.243 e. The lowest BCUT2D eigenvalue weighted by Crippen LogP contribution is -2.47. The van der Waals surface area contributed by atoms with Crippen molar-refractivity contribution in [2.24, 2.45) is 0 Å². The first-order valence-electron chi connectivity index (χ1n) is 7.61. The summed E-state index contributed by atoms with van der Waals surface area (Å²) < 4.78 is 32.8. The molecule has 6 heteroatoms. The van der Waals surface area contributed by atoms with Crippen LogP contribution in [0, 0.1) is 0 Å². The lowest BCUT2D eigenvalue weighted by molar-refractivity contribution is 0.0158. The number of rotatable bonds is 3. The molecule has 3 rings (SSSR count). The maximum absolute atomic E-state index is 12.7. The number of ether oxygens (including phenoxy) is 1. The average Bonchev–Trinajstić information content (AvgIpc) is 2.56. The lowest BCUT2D eigenvalue weighted by Gasteiger charge is -2.35. The average molecular weight is 322 g/mol. The van der Waals surface area contributed by atoms with Gasteiger partial charge in [0.05, 0.1) is 17.6 Å². The smallest absolute Gasteiger partial charge is 0.243 e. The number of benzene rings is 1. The summed E-state index contributed by atoms with van der Waals surface area (Å²) in [6, 6.07) is 8.62. The van der Waals surface area contributed by atoms with E-state index in [1.165, 1.54) is 5.57 Å². The zero-order valence-electron chi connectivity index (χ0n) is 12.8. The minimum absolute atomic E-state index is 0.130. The zero-order chi connectivity index (χ0) is 15.6. The number of morpholine rings is 1. The summed E-state index contributed by atoms with van der Waals surface area (Å²) in [6.45, 7) is 3.15. The molecule has 5 nitrogen and oxygen atoms in total. The van der Waals surface area contributed by atoms with Gasteiger partial charge in [-0.25, -0.2) is 8.42 Å². The van der Waals surface area contributed by atoms with E-state index in [2.05, 4.69) is 18.0 Å². The van der Waals surface area contributed by atoms with Crippen molar-refractivity contribution < 1.29 is 13.2 Å². The molecule has 0 aromatic heterocycles. The van der Waals surface area contributed by atoms with Gasteiger partial charge in [0.1, 0.15) is 0 Å². The van der Waals surface area contributed by atoms with Crippen LogP contribution in [0.1, 0.15) is 6.42 Å². The zero-order valence-corrected chi connectivity index (χ0v) is 13.6. The van der Waals surface area contributed by atoms with Crippen molar-refractivity contribution in [3.63, 3.8) is 0 Å². The molecule has 1 fully saturated rings. The van der Waals surface area contributed by atoms with Crippen LogP contribution in [-0.4, -0.2) is 63.6 Å². The second kappa shape index (κ2) is 6.50. The number of nitrogens with zero attached hydrogens (tertiary/aromatic N) is 2. The third kappa shape index (κ3) is 3.25. The molecular formula is C16H22N2O3S. The van der Waals surface area contributed by atoms with Crippen LogP contribution >= 0.6 is 0 Å². The normalized spacial score (nSPS) is 25.0. The van der Waals surface area contributed by atoms with E-state index in [0.29, 0.717) is 24.6 Å². The number of sulfonamides is 1. The van der Waals surface area contributed by atoms with E-state index in [0.717, 1.165) is 19.5 Å². The molecule has 0 aliphatic carbocycles. The van der Waals surface area contributed by atoms with Crippen LogP contribution in [0.5, 0.6) is 0 Å². The van der Waals surface area contributed by atoms with Gasteiger partial charge in [-0.05, 0) is 31.2 Å². The van der Waals surface area contributed by atoms with Gasteiger partial charge in [-0.15, -0.1) is 0 Å². The molecule has 2 heterocycles. The Morgan fingerprint density at radius 3 is 2.68 bits per heavy atom. The lowest BCUT2D eigenvalue weighted by atomic mass is 10.0. The second-order valence-electron chi connectivity index (χ2n) is 5.84. The summed E-state index contributed by atoms with van der Waals surface area (Å²) >= 11 is 0. The fourth-order valence-corrected chi connectivity index (χ4v) is 4.41. The molecule has 0 amide bonds. The molecule has 1 aromatic carbocycles. The highest BCUT2D eigenvalue weighted by Crippen LogP contribution is 2.23. The van der Waals surface area contributed by atoms with Crippen LogP contribution in [0.4, 0.5) is 0 Å². The van der Waals surface area contributed by atoms with Crippen LogP contribution in [-0.2, 0) is 14.8 Å². The van der Waals surface area contributed by atoms with Crippen LogP contribution in [0.25, 0.3) is 0 Å². The molecule has 0 spiro atoms. The molecule has 0 N–H and O–H groups in total. The van der Waals surface area contributed by atoms with E-state index in [1.807, 2.05) is 6.07 Å². The summed E-state index contributed by atoms with van der Waals surface area (Å²) in [6.07, 6.45) is 3.07. The molecule has 22 heavy (non-hydrogen) atoms. The maximum atomic E-state index is 12.7. The molecule has 1 unspecified atom stereocenters. The van der Waals surface area contributed by atoms with Crippen molar-refractivity contribution >= 4 is 10.0 Å². The van der Waals surface area contributed by atoms with Gasteiger partial charge in [-0.2, -0.15) is 4.31 Å². The Morgan fingerprint density at radius 2 is 1.95 bits per heavy atom. The molecule has 0 saturated carbocycles. The van der Waals surface area contributed by atoms with Crippen molar-refractivity contribution in [2.75, 3.05) is 39.8 Å². The molecule has 1 saturated heterocycles. The van der Waals surface area contributed by atoms with Gasteiger partial charge in [0.15, 0.2) is 0 Å². The summed E-state index contributed by atoms with van der Waals surface area (Å²) in [4.78, 5) is 2.59. The highest BCUT2D eigenvalue weighted by molar-refractivity contribution is 7.89. The quantitative estimate of drug-likeness (QED) is 0.788. The molecular weight excluding hydrogens is 300 g/mol. The van der Waals surface area contributed by atoms with Crippen molar-refractivity contribution in [3.05, 3.63) is 42.0 Å². The number of likely N-dealkylation sites (N-methyl/N-ethyl adjacent to an activating group) is 1. The van der Waals surface area contributed by atoms with Gasteiger partial charge in [0, 0.05) is 26.2 Å². The third-order valence-electron chi connectivity index (χ3n) is 4.19. The van der Waals surface area contributed by atoms with Crippen LogP contribution in [0.3, 0.4) is 0 Å². The van der Waals surface area contributed by atoms with E-state index >= 15 is 0 Å². The molecule has 0 radical (unpaired) electrons. The topological polar surface area (TPSA) is 49.9 Å². The molecule has 120 valence electrons. The second-order valence-corrected chi connectivity index (χ2v) is 7.78. The van der Waals surface area contributed by atoms with Gasteiger partial charge in [-0.3, -0.25) is 0 Å². The van der Waals surface area contributed by atoms with E-state index in [-0.39, 0.29) is 6.10 Å². The first-order valence-corrected chi connectivity index (χ1v) is 9.05.